The second kappa shape index (κ2) is 5.71. The number of hydrogen-bond donors (Lipinski definition) is 1. The predicted molar refractivity (Wildman–Crippen MR) is 74.0 cm³/mol. The number of carboxylic acids is 1. The molecule has 19 heavy (non-hydrogen) atoms. The molecule has 0 aromatic heterocycles. The van der Waals surface area contributed by atoms with Crippen LogP contribution < -0.4 is 0 Å². The lowest BCUT2D eigenvalue weighted by atomic mass is 10.2. The van der Waals surface area contributed by atoms with Crippen molar-refractivity contribution in [1.82, 2.24) is 0 Å². The molecular weight excluding hydrogens is 260 g/mol. The zero-order chi connectivity index (χ0) is 13.8. The van der Waals surface area contributed by atoms with Gasteiger partial charge in [0.15, 0.2) is 5.78 Å². The number of carbonyl (C=O) groups excluding carboxylic acids is 1. The van der Waals surface area contributed by atoms with E-state index in [-0.39, 0.29) is 11.3 Å². The van der Waals surface area contributed by atoms with Crippen LogP contribution in [0.25, 0.3) is 0 Å². The second-order valence-electron chi connectivity index (χ2n) is 3.99. The Morgan fingerprint density at radius 3 is 2.47 bits per heavy atom. The van der Waals surface area contributed by atoms with Crippen LogP contribution in [0.5, 0.6) is 0 Å². The zero-order valence-electron chi connectivity index (χ0n) is 10.3. The van der Waals surface area contributed by atoms with E-state index in [2.05, 4.69) is 0 Å². The molecule has 0 aliphatic carbocycles. The summed E-state index contributed by atoms with van der Waals surface area (Å²) in [5.41, 5.74) is 0.888. The Morgan fingerprint density at radius 1 is 1.05 bits per heavy atom. The SMILES string of the molecule is CC(=O)c1cccc(Sc2ccccc2C(=O)O)c1. The van der Waals surface area contributed by atoms with Crippen molar-refractivity contribution in [2.75, 3.05) is 0 Å². The van der Waals surface area contributed by atoms with Gasteiger partial charge in [0.25, 0.3) is 0 Å². The number of benzene rings is 2. The van der Waals surface area contributed by atoms with E-state index in [1.165, 1.54) is 18.7 Å². The molecule has 0 heterocycles. The molecule has 2 rings (SSSR count). The van der Waals surface area contributed by atoms with E-state index < -0.39 is 5.97 Å². The van der Waals surface area contributed by atoms with Crippen molar-refractivity contribution in [3.8, 4) is 0 Å². The van der Waals surface area contributed by atoms with Crippen LogP contribution in [0.4, 0.5) is 0 Å². The highest BCUT2D eigenvalue weighted by Crippen LogP contribution is 2.30. The lowest BCUT2D eigenvalue weighted by molar-refractivity contribution is 0.0693. The van der Waals surface area contributed by atoms with Crippen molar-refractivity contribution in [2.45, 2.75) is 16.7 Å². The summed E-state index contributed by atoms with van der Waals surface area (Å²) >= 11 is 1.34. The first-order chi connectivity index (χ1) is 9.08. The van der Waals surface area contributed by atoms with Crippen LogP contribution in [0.1, 0.15) is 27.6 Å². The zero-order valence-corrected chi connectivity index (χ0v) is 11.1. The number of aromatic carboxylic acids is 1. The third-order valence-electron chi connectivity index (χ3n) is 2.59. The summed E-state index contributed by atoms with van der Waals surface area (Å²) in [4.78, 5) is 24.0. The Hall–Kier alpha value is -2.07. The van der Waals surface area contributed by atoms with Crippen LogP contribution in [0, 0.1) is 0 Å². The first-order valence-corrected chi connectivity index (χ1v) is 6.51. The van der Waals surface area contributed by atoms with E-state index >= 15 is 0 Å². The Morgan fingerprint density at radius 2 is 1.79 bits per heavy atom. The minimum Gasteiger partial charge on any atom is -0.478 e. The van der Waals surface area contributed by atoms with Crippen molar-refractivity contribution in [3.05, 3.63) is 59.7 Å². The average Bonchev–Trinajstić information content (AvgIpc) is 2.39. The highest BCUT2D eigenvalue weighted by molar-refractivity contribution is 7.99. The third-order valence-corrected chi connectivity index (χ3v) is 3.65. The third kappa shape index (κ3) is 3.23. The van der Waals surface area contributed by atoms with Gasteiger partial charge in [-0.1, -0.05) is 36.0 Å². The molecule has 0 saturated carbocycles. The molecule has 2 aromatic rings. The van der Waals surface area contributed by atoms with Crippen molar-refractivity contribution < 1.29 is 14.7 Å². The van der Waals surface area contributed by atoms with E-state index in [0.29, 0.717) is 10.5 Å². The van der Waals surface area contributed by atoms with Crippen LogP contribution in [0.2, 0.25) is 0 Å². The molecule has 0 aliphatic rings. The largest absolute Gasteiger partial charge is 0.478 e. The predicted octanol–water partition coefficient (Wildman–Crippen LogP) is 3.74. The quantitative estimate of drug-likeness (QED) is 0.861. The minimum atomic E-state index is -0.953. The Labute approximate surface area is 115 Å². The number of hydrogen-bond acceptors (Lipinski definition) is 3. The fourth-order valence-corrected chi connectivity index (χ4v) is 2.64. The van der Waals surface area contributed by atoms with Gasteiger partial charge >= 0.3 is 5.97 Å². The lowest BCUT2D eigenvalue weighted by Crippen LogP contribution is -1.98. The molecule has 0 saturated heterocycles. The summed E-state index contributed by atoms with van der Waals surface area (Å²) in [7, 11) is 0. The molecule has 96 valence electrons. The van der Waals surface area contributed by atoms with Gasteiger partial charge in [-0.25, -0.2) is 4.79 Å². The molecular formula is C15H12O3S. The Balaban J connectivity index is 2.34. The van der Waals surface area contributed by atoms with E-state index in [0.717, 1.165) is 4.90 Å². The molecule has 2 aromatic carbocycles. The smallest absolute Gasteiger partial charge is 0.336 e. The molecule has 4 heteroatoms. The topological polar surface area (TPSA) is 54.4 Å². The molecule has 0 atom stereocenters. The van der Waals surface area contributed by atoms with Crippen LogP contribution in [0.15, 0.2) is 58.3 Å². The highest BCUT2D eigenvalue weighted by atomic mass is 32.2. The number of carboxylic acid groups (broad SMARTS) is 1. The van der Waals surface area contributed by atoms with Gasteiger partial charge in [0.2, 0.25) is 0 Å². The fraction of sp³-hybridized carbons (Fsp3) is 0.0667. The summed E-state index contributed by atoms with van der Waals surface area (Å²) in [5.74, 6) is -0.959. The van der Waals surface area contributed by atoms with Gasteiger partial charge in [-0.2, -0.15) is 0 Å². The van der Waals surface area contributed by atoms with Crippen LogP contribution in [-0.2, 0) is 0 Å². The Bertz CT molecular complexity index is 635. The van der Waals surface area contributed by atoms with Gasteiger partial charge in [0.1, 0.15) is 0 Å². The molecule has 0 bridgehead atoms. The van der Waals surface area contributed by atoms with Crippen LogP contribution >= 0.6 is 11.8 Å². The average molecular weight is 272 g/mol. The number of rotatable bonds is 4. The monoisotopic (exact) mass is 272 g/mol. The van der Waals surface area contributed by atoms with Crippen molar-refractivity contribution in [2.24, 2.45) is 0 Å². The number of Topliss-reactive ketones (excluding diaryl/α,β-unsaturated/α-hetero) is 1. The second-order valence-corrected chi connectivity index (χ2v) is 5.10. The first kappa shape index (κ1) is 13.4. The van der Waals surface area contributed by atoms with Crippen molar-refractivity contribution in [3.63, 3.8) is 0 Å². The molecule has 3 nitrogen and oxygen atoms in total. The molecule has 0 aliphatic heterocycles. The highest BCUT2D eigenvalue weighted by Gasteiger charge is 2.10. The Kier molecular flexibility index (Phi) is 4.02. The summed E-state index contributed by atoms with van der Waals surface area (Å²) in [5, 5.41) is 9.12. The summed E-state index contributed by atoms with van der Waals surface area (Å²) in [6.45, 7) is 1.51. The lowest BCUT2D eigenvalue weighted by Gasteiger charge is -2.06. The number of carbonyl (C=O) groups is 2. The molecule has 0 radical (unpaired) electrons. The van der Waals surface area contributed by atoms with E-state index in [1.54, 1.807) is 42.5 Å². The fourth-order valence-electron chi connectivity index (χ4n) is 1.64. The maximum absolute atomic E-state index is 11.3. The van der Waals surface area contributed by atoms with Gasteiger partial charge in [0.05, 0.1) is 5.56 Å². The summed E-state index contributed by atoms with van der Waals surface area (Å²) < 4.78 is 0. The van der Waals surface area contributed by atoms with Gasteiger partial charge in [-0.05, 0) is 31.2 Å². The molecule has 0 spiro atoms. The van der Waals surface area contributed by atoms with Gasteiger partial charge in [-0.15, -0.1) is 0 Å². The molecule has 1 N–H and O–H groups in total. The molecule has 0 amide bonds. The summed E-state index contributed by atoms with van der Waals surface area (Å²) in [6, 6.07) is 14.0. The minimum absolute atomic E-state index is 0.00558. The first-order valence-electron chi connectivity index (χ1n) is 5.69. The van der Waals surface area contributed by atoms with Crippen LogP contribution in [-0.4, -0.2) is 16.9 Å². The summed E-state index contributed by atoms with van der Waals surface area (Å²) in [6.07, 6.45) is 0. The maximum Gasteiger partial charge on any atom is 0.336 e. The van der Waals surface area contributed by atoms with Gasteiger partial charge in [-0.3, -0.25) is 4.79 Å². The van der Waals surface area contributed by atoms with Gasteiger partial charge < -0.3 is 5.11 Å². The standard InChI is InChI=1S/C15H12O3S/c1-10(16)11-5-4-6-12(9-11)19-14-8-3-2-7-13(14)15(17)18/h2-9H,1H3,(H,17,18). The van der Waals surface area contributed by atoms with Crippen LogP contribution in [0.3, 0.4) is 0 Å². The van der Waals surface area contributed by atoms with Crippen molar-refractivity contribution in [1.29, 1.82) is 0 Å². The normalized spacial score (nSPS) is 10.2. The maximum atomic E-state index is 11.3. The van der Waals surface area contributed by atoms with Gasteiger partial charge in [0, 0.05) is 15.4 Å². The van der Waals surface area contributed by atoms with E-state index in [4.69, 9.17) is 5.11 Å². The number of ketones is 1. The van der Waals surface area contributed by atoms with E-state index in [1.807, 2.05) is 6.07 Å². The van der Waals surface area contributed by atoms with Crippen molar-refractivity contribution >= 4 is 23.5 Å². The molecule has 0 unspecified atom stereocenters. The van der Waals surface area contributed by atoms with E-state index in [9.17, 15) is 9.59 Å². The molecule has 0 fully saturated rings.